The van der Waals surface area contributed by atoms with Crippen LogP contribution in [0.25, 0.3) is 0 Å². The normalized spacial score (nSPS) is 14.6. The summed E-state index contributed by atoms with van der Waals surface area (Å²) >= 11 is 0. The van der Waals surface area contributed by atoms with Crippen LogP contribution < -0.4 is 64.6 Å². The summed E-state index contributed by atoms with van der Waals surface area (Å²) in [6.45, 7) is -2.87. The molecule has 0 aromatic heterocycles. The predicted octanol–water partition coefficient (Wildman–Crippen LogP) is -10.5. The standard InChI is InChI=1S/C46H80N16O23/c47-13-1-3-15-49-37(71)29(11-6-18-60(83)25-67)54-41(75)31(21-63)56-43(77)33(35(69)45(79)80)58-39(73)27(51-23-65)9-5-17-53-62(85)20-8-10-28(52-24-66)40(74)59-34(36(70)46(81)82)44(78)57-32(22-64)42(76)55-30(12-7-19-61(84)26-68)38(72)50-16-4-2-14-48/h23-36,63-64,69-70,83-84H,1-22,47-48H2,(H,49,71)(H,50,72)(H,51,65)(H,52,66)(H,54,75)(H,55,76)(H,56,77)(H,57,78)(H,58,73)(H,59,74)(H,79,80)(H,81,82)/t27-,28-,29-,30-,31-,32-,33-,34+,35+,36+/m0/s1. The zero-order chi connectivity index (χ0) is 64.4. The fourth-order valence-corrected chi connectivity index (χ4v) is 7.31. The molecule has 85 heavy (non-hydrogen) atoms. The minimum Gasteiger partial charge on any atom is -0.600 e. The van der Waals surface area contributed by atoms with E-state index in [-0.39, 0.29) is 118 Å². The van der Waals surface area contributed by atoms with Gasteiger partial charge in [0.25, 0.3) is 0 Å². The van der Waals surface area contributed by atoms with E-state index in [9.17, 15) is 113 Å². The van der Waals surface area contributed by atoms with E-state index >= 15 is 0 Å². The Morgan fingerprint density at radius 3 is 1.18 bits per heavy atom. The molecule has 0 aliphatic heterocycles. The SMILES string of the molecule is NCCCCNC(=O)[C@H](CCCN(O)C=O)NC(=O)[C@H](CO)NC(=O)[C@@H](NC(=O)[C@H](CCCN=[N+]([O-])CCC[C@H](NC=O)C(=O)N[C@@H](C(=O)N[C@@H](CO)C(=O)N[C@@H](CCCN(O)C=O)C(=O)NCCCCN)[C@@H](O)C(=O)O)NC=O)[C@@H](O)C(=O)O. The minimum atomic E-state index is -2.71. The van der Waals surface area contributed by atoms with Crippen LogP contribution in [-0.4, -0.2) is 267 Å². The fourth-order valence-electron chi connectivity index (χ4n) is 7.31. The third kappa shape index (κ3) is 31.2. The van der Waals surface area contributed by atoms with Crippen molar-refractivity contribution in [2.45, 2.75) is 138 Å². The number of aliphatic carboxylic acids is 2. The molecule has 39 heteroatoms. The number of amides is 12. The molecule has 10 atom stereocenters. The number of carboxylic acids is 2. The lowest BCUT2D eigenvalue weighted by atomic mass is 10.1. The summed E-state index contributed by atoms with van der Waals surface area (Å²) in [5.74, 6) is -13.7. The lowest BCUT2D eigenvalue weighted by Gasteiger charge is -2.26. The van der Waals surface area contributed by atoms with Gasteiger partial charge in [-0.2, -0.15) is 0 Å². The van der Waals surface area contributed by atoms with Gasteiger partial charge < -0.3 is 100 Å². The van der Waals surface area contributed by atoms with Crippen molar-refractivity contribution in [2.75, 3.05) is 65.6 Å². The van der Waals surface area contributed by atoms with Gasteiger partial charge >= 0.3 is 11.9 Å². The summed E-state index contributed by atoms with van der Waals surface area (Å²) in [5, 5.41) is 117. The molecule has 12 amide bonds. The highest BCUT2D eigenvalue weighted by Gasteiger charge is 2.39. The molecule has 0 saturated heterocycles. The van der Waals surface area contributed by atoms with Gasteiger partial charge in [0, 0.05) is 32.6 Å². The second-order valence-electron chi connectivity index (χ2n) is 18.4. The van der Waals surface area contributed by atoms with Gasteiger partial charge in [-0.15, -0.1) is 0 Å². The highest BCUT2D eigenvalue weighted by atomic mass is 16.5. The molecule has 482 valence electrons. The number of hydroxylamine groups is 5. The Balaban J connectivity index is 5.94. The van der Waals surface area contributed by atoms with Gasteiger partial charge in [0.05, 0.1) is 13.2 Å². The van der Waals surface area contributed by atoms with E-state index in [0.29, 0.717) is 38.8 Å². The number of rotatable bonds is 50. The van der Waals surface area contributed by atoms with Crippen LogP contribution in [0.3, 0.4) is 0 Å². The van der Waals surface area contributed by atoms with E-state index in [0.717, 1.165) is 0 Å². The number of carboxylic acid groups (broad SMARTS) is 2. The Bertz CT molecular complexity index is 2200. The number of azo groups is 1. The molecule has 0 unspecified atom stereocenters. The van der Waals surface area contributed by atoms with E-state index < -0.39 is 146 Å². The maximum Gasteiger partial charge on any atom is 0.335 e. The van der Waals surface area contributed by atoms with Crippen LogP contribution in [0, 0.1) is 5.21 Å². The molecular formula is C46H80N16O23. The number of nitrogens with two attached hydrogens (primary N) is 2. The Morgan fingerprint density at radius 1 is 0.482 bits per heavy atom. The van der Waals surface area contributed by atoms with Crippen molar-refractivity contribution < 1.29 is 113 Å². The number of unbranched alkanes of at least 4 members (excludes halogenated alkanes) is 2. The summed E-state index contributed by atoms with van der Waals surface area (Å²) in [6, 6.07) is -14.7. The largest absolute Gasteiger partial charge is 0.600 e. The van der Waals surface area contributed by atoms with E-state index in [1.807, 2.05) is 21.3 Å². The molecular weight excluding hydrogens is 1140 g/mol. The smallest absolute Gasteiger partial charge is 0.335 e. The average molecular weight is 1230 g/mol. The number of nitrogens with zero attached hydrogens (tertiary/aromatic N) is 4. The van der Waals surface area contributed by atoms with Crippen molar-refractivity contribution in [2.24, 2.45) is 16.6 Å². The zero-order valence-electron chi connectivity index (χ0n) is 46.3. The first kappa shape index (κ1) is 76.7. The highest BCUT2D eigenvalue weighted by molar-refractivity contribution is 5.99. The van der Waals surface area contributed by atoms with Crippen LogP contribution in [-0.2, 0) is 67.1 Å². The predicted molar refractivity (Wildman–Crippen MR) is 283 cm³/mol. The van der Waals surface area contributed by atoms with E-state index in [1.165, 1.54) is 0 Å². The molecule has 0 aromatic rings. The third-order valence-corrected chi connectivity index (χ3v) is 12.0. The molecule has 39 nitrogen and oxygen atoms in total. The number of hydrogen-bond acceptors (Lipinski definition) is 24. The summed E-state index contributed by atoms with van der Waals surface area (Å²) < 4.78 is 0. The summed E-state index contributed by atoms with van der Waals surface area (Å²) in [4.78, 5) is 174. The van der Waals surface area contributed by atoms with E-state index in [1.54, 1.807) is 0 Å². The molecule has 0 bridgehead atoms. The third-order valence-electron chi connectivity index (χ3n) is 12.0. The lowest BCUT2D eigenvalue weighted by Crippen LogP contribution is -2.62. The first-order valence-corrected chi connectivity index (χ1v) is 26.6. The Morgan fingerprint density at radius 2 is 0.835 bits per heavy atom. The van der Waals surface area contributed by atoms with Gasteiger partial charge in [-0.1, -0.05) is 4.86 Å². The molecule has 0 aromatic carbocycles. The molecule has 0 aliphatic carbocycles. The topological polar surface area (TPSA) is 618 Å². The van der Waals surface area contributed by atoms with Crippen LogP contribution in [0.15, 0.2) is 5.11 Å². The van der Waals surface area contributed by atoms with Crippen LogP contribution in [0.1, 0.15) is 77.0 Å². The molecule has 0 rings (SSSR count). The second-order valence-corrected chi connectivity index (χ2v) is 18.4. The molecule has 0 heterocycles. The molecule has 22 N–H and O–H groups in total. The molecule has 0 saturated carbocycles. The van der Waals surface area contributed by atoms with Crippen LogP contribution >= 0.6 is 0 Å². The maximum atomic E-state index is 13.4. The van der Waals surface area contributed by atoms with Crippen molar-refractivity contribution in [3.8, 4) is 0 Å². The van der Waals surface area contributed by atoms with Crippen molar-refractivity contribution >= 4 is 84.8 Å². The van der Waals surface area contributed by atoms with E-state index in [2.05, 4.69) is 37.0 Å². The quantitative estimate of drug-likeness (QED) is 0.00672. The Kier molecular flexibility index (Phi) is 39.9. The van der Waals surface area contributed by atoms with Crippen LogP contribution in [0.4, 0.5) is 0 Å². The number of carbonyl (C=O) groups is 14. The first-order chi connectivity index (χ1) is 40.4. The lowest BCUT2D eigenvalue weighted by molar-refractivity contribution is -0.531. The Labute approximate surface area is 485 Å². The minimum absolute atomic E-state index is 0.0319. The summed E-state index contributed by atoms with van der Waals surface area (Å²) in [5.41, 5.74) is 10.9. The van der Waals surface area contributed by atoms with Gasteiger partial charge in [-0.25, -0.2) is 19.7 Å². The van der Waals surface area contributed by atoms with Gasteiger partial charge in [-0.05, 0) is 88.8 Å². The first-order valence-electron chi connectivity index (χ1n) is 26.6. The number of carbonyl (C=O) groups excluding carboxylic acids is 12. The van der Waals surface area contributed by atoms with Crippen LogP contribution in [0.5, 0.6) is 0 Å². The summed E-state index contributed by atoms with van der Waals surface area (Å²) in [7, 11) is 0. The molecule has 0 fully saturated rings. The molecule has 0 radical (unpaired) electrons. The molecule has 0 spiro atoms. The van der Waals surface area contributed by atoms with E-state index in [4.69, 9.17) is 11.5 Å². The van der Waals surface area contributed by atoms with Gasteiger partial charge in [0.1, 0.15) is 54.9 Å². The number of aliphatic hydroxyl groups is 4. The number of nitrogens with one attached hydrogen (secondary N) is 10. The second kappa shape index (κ2) is 44.2. The van der Waals surface area contributed by atoms with Crippen LogP contribution in [0.2, 0.25) is 0 Å². The van der Waals surface area contributed by atoms with Crippen molar-refractivity contribution in [3.63, 3.8) is 0 Å². The van der Waals surface area contributed by atoms with Gasteiger partial charge in [0.2, 0.25) is 72.9 Å². The Hall–Kier alpha value is -8.34. The van der Waals surface area contributed by atoms with Crippen molar-refractivity contribution in [3.05, 3.63) is 5.21 Å². The van der Waals surface area contributed by atoms with Crippen molar-refractivity contribution in [1.29, 1.82) is 0 Å². The van der Waals surface area contributed by atoms with Gasteiger partial charge in [0.15, 0.2) is 18.8 Å². The number of aliphatic hydroxyl groups excluding tert-OH is 4. The number of hydrogen-bond donors (Lipinski definition) is 20. The average Bonchev–Trinajstić information content (AvgIpc) is 3.69. The zero-order valence-corrected chi connectivity index (χ0v) is 46.3. The summed E-state index contributed by atoms with van der Waals surface area (Å²) in [6.07, 6.45) is -4.86. The monoisotopic (exact) mass is 1220 g/mol. The van der Waals surface area contributed by atoms with Crippen molar-refractivity contribution in [1.82, 2.24) is 63.3 Å². The molecule has 0 aliphatic rings. The highest BCUT2D eigenvalue weighted by Crippen LogP contribution is 2.08. The fraction of sp³-hybridized carbons (Fsp3) is 0.696. The van der Waals surface area contributed by atoms with Gasteiger partial charge in [-0.3, -0.25) is 67.9 Å². The maximum absolute atomic E-state index is 13.4.